The van der Waals surface area contributed by atoms with E-state index in [9.17, 15) is 18.4 Å². The van der Waals surface area contributed by atoms with E-state index in [2.05, 4.69) is 21.2 Å². The van der Waals surface area contributed by atoms with Crippen LogP contribution in [-0.4, -0.2) is 24.4 Å². The molecule has 1 aliphatic carbocycles. The second kappa shape index (κ2) is 7.40. The number of carbonyl (C=O) groups excluding carboxylic acids is 2. The Balaban J connectivity index is 2.40. The number of nitrogens with one attached hydrogen (secondary N) is 1. The van der Waals surface area contributed by atoms with Crippen molar-refractivity contribution in [3.05, 3.63) is 44.5 Å². The number of ether oxygens (including phenoxy) is 1. The quantitative estimate of drug-likeness (QED) is 0.148. The lowest BCUT2D eigenvalue weighted by molar-refractivity contribution is -0.138. The third-order valence-corrected chi connectivity index (χ3v) is 4.49. The average molecular weight is 409 g/mol. The van der Waals surface area contributed by atoms with Gasteiger partial charge in [-0.15, -0.1) is 0 Å². The smallest absolute Gasteiger partial charge is 0.343 e. The van der Waals surface area contributed by atoms with E-state index in [4.69, 9.17) is 16.3 Å². The van der Waals surface area contributed by atoms with Crippen LogP contribution in [0.4, 0.5) is 8.78 Å². The molecule has 0 heterocycles. The molecule has 0 unspecified atom stereocenters. The van der Waals surface area contributed by atoms with Crippen LogP contribution in [0.15, 0.2) is 22.3 Å². The maximum absolute atomic E-state index is 13.5. The number of benzene rings is 1. The van der Waals surface area contributed by atoms with Crippen molar-refractivity contribution >= 4 is 39.3 Å². The van der Waals surface area contributed by atoms with E-state index in [0.717, 1.165) is 12.8 Å². The van der Waals surface area contributed by atoms with E-state index >= 15 is 0 Å². The highest BCUT2D eigenvalue weighted by atomic mass is 79.9. The van der Waals surface area contributed by atoms with Crippen LogP contribution < -0.4 is 5.32 Å². The van der Waals surface area contributed by atoms with Gasteiger partial charge in [0, 0.05) is 17.8 Å². The van der Waals surface area contributed by atoms with Gasteiger partial charge in [0.2, 0.25) is 5.78 Å². The van der Waals surface area contributed by atoms with Crippen LogP contribution in [-0.2, 0) is 9.53 Å². The summed E-state index contributed by atoms with van der Waals surface area (Å²) in [5.41, 5.74) is -0.645. The van der Waals surface area contributed by atoms with Gasteiger partial charge in [-0.2, -0.15) is 0 Å². The van der Waals surface area contributed by atoms with Crippen LogP contribution in [0.25, 0.3) is 0 Å². The fourth-order valence-electron chi connectivity index (χ4n) is 1.76. The molecule has 0 aromatic heterocycles. The number of Topliss-reactive ketones (excluding diaryl/α,β-unsaturated/α-hetero) is 1. The van der Waals surface area contributed by atoms with Crippen molar-refractivity contribution in [3.63, 3.8) is 0 Å². The topological polar surface area (TPSA) is 55.4 Å². The third-order valence-electron chi connectivity index (χ3n) is 3.13. The fraction of sp³-hybridized carbons (Fsp3) is 0.333. The second-order valence-electron chi connectivity index (χ2n) is 4.90. The van der Waals surface area contributed by atoms with E-state index in [1.807, 2.05) is 0 Å². The van der Waals surface area contributed by atoms with Crippen LogP contribution in [0.1, 0.15) is 30.1 Å². The normalized spacial score (nSPS) is 14.6. The molecule has 0 atom stereocenters. The molecule has 0 amide bonds. The Bertz CT molecular complexity index is 690. The predicted octanol–water partition coefficient (Wildman–Crippen LogP) is 3.76. The number of esters is 1. The monoisotopic (exact) mass is 407 g/mol. The Morgan fingerprint density at radius 1 is 1.48 bits per heavy atom. The standard InChI is InChI=1S/C15H13BrClF2NO3/c1-2-23-15(22)9(6-20-7-3-4-7)14(21)8-5-10(18)13(19)11(16)12(8)17/h5-7,20H,2-4H2,1H3/b9-6-. The molecule has 124 valence electrons. The van der Waals surface area contributed by atoms with Crippen molar-refractivity contribution in [1.82, 2.24) is 5.32 Å². The molecule has 8 heteroatoms. The van der Waals surface area contributed by atoms with E-state index in [0.29, 0.717) is 6.07 Å². The van der Waals surface area contributed by atoms with Crippen molar-refractivity contribution in [2.45, 2.75) is 25.8 Å². The Morgan fingerprint density at radius 2 is 2.13 bits per heavy atom. The first kappa shape index (κ1) is 17.9. The molecule has 1 aromatic rings. The molecule has 4 nitrogen and oxygen atoms in total. The molecular weight excluding hydrogens is 396 g/mol. The lowest BCUT2D eigenvalue weighted by Crippen LogP contribution is -2.21. The predicted molar refractivity (Wildman–Crippen MR) is 84.3 cm³/mol. The van der Waals surface area contributed by atoms with Gasteiger partial charge in [0.05, 0.1) is 16.1 Å². The molecule has 0 radical (unpaired) electrons. The van der Waals surface area contributed by atoms with Gasteiger partial charge in [0.25, 0.3) is 0 Å². The zero-order chi connectivity index (χ0) is 17.1. The summed E-state index contributed by atoms with van der Waals surface area (Å²) in [7, 11) is 0. The van der Waals surface area contributed by atoms with Crippen molar-refractivity contribution in [2.75, 3.05) is 6.61 Å². The molecule has 23 heavy (non-hydrogen) atoms. The largest absolute Gasteiger partial charge is 0.462 e. The van der Waals surface area contributed by atoms with Crippen LogP contribution >= 0.6 is 27.5 Å². The highest BCUT2D eigenvalue weighted by molar-refractivity contribution is 9.10. The average Bonchev–Trinajstić information content (AvgIpc) is 3.33. The van der Waals surface area contributed by atoms with Gasteiger partial charge in [-0.25, -0.2) is 13.6 Å². The molecule has 0 spiro atoms. The van der Waals surface area contributed by atoms with E-state index in [1.54, 1.807) is 6.92 Å². The number of halogens is 4. The second-order valence-corrected chi connectivity index (χ2v) is 6.07. The zero-order valence-electron chi connectivity index (χ0n) is 12.1. The minimum Gasteiger partial charge on any atom is -0.462 e. The molecule has 1 N–H and O–H groups in total. The first-order valence-electron chi connectivity index (χ1n) is 6.87. The van der Waals surface area contributed by atoms with Gasteiger partial charge in [0.15, 0.2) is 11.6 Å². The van der Waals surface area contributed by atoms with Gasteiger partial charge in [-0.05, 0) is 41.8 Å². The SMILES string of the molecule is CCOC(=O)/C(=C\NC1CC1)C(=O)c1cc(F)c(F)c(Br)c1Cl. The van der Waals surface area contributed by atoms with Gasteiger partial charge in [0.1, 0.15) is 5.57 Å². The summed E-state index contributed by atoms with van der Waals surface area (Å²) >= 11 is 8.68. The zero-order valence-corrected chi connectivity index (χ0v) is 14.4. The van der Waals surface area contributed by atoms with Crippen molar-refractivity contribution in [3.8, 4) is 0 Å². The van der Waals surface area contributed by atoms with E-state index < -0.39 is 23.4 Å². The summed E-state index contributed by atoms with van der Waals surface area (Å²) in [6.45, 7) is 1.66. The lowest BCUT2D eigenvalue weighted by atomic mass is 10.0. The number of carbonyl (C=O) groups is 2. The molecular formula is C15H13BrClF2NO3. The number of hydrogen-bond donors (Lipinski definition) is 1. The Labute approximate surface area is 145 Å². The molecule has 1 saturated carbocycles. The summed E-state index contributed by atoms with van der Waals surface area (Å²) < 4.78 is 31.4. The number of ketones is 1. The minimum atomic E-state index is -1.25. The number of hydrogen-bond acceptors (Lipinski definition) is 4. The molecule has 0 bridgehead atoms. The summed E-state index contributed by atoms with van der Waals surface area (Å²) in [5, 5.41) is 2.59. The van der Waals surface area contributed by atoms with Crippen molar-refractivity contribution < 1.29 is 23.1 Å². The molecule has 1 aromatic carbocycles. The summed E-state index contributed by atoms with van der Waals surface area (Å²) in [5.74, 6) is -4.16. The van der Waals surface area contributed by atoms with Gasteiger partial charge < -0.3 is 10.1 Å². The molecule has 0 saturated heterocycles. The third kappa shape index (κ3) is 4.09. The lowest BCUT2D eigenvalue weighted by Gasteiger charge is -2.10. The maximum atomic E-state index is 13.5. The van der Waals surface area contributed by atoms with E-state index in [1.165, 1.54) is 6.20 Å². The molecule has 0 aliphatic heterocycles. The Kier molecular flexibility index (Phi) is 5.75. The summed E-state index contributed by atoms with van der Waals surface area (Å²) in [6, 6.07) is 0.856. The first-order chi connectivity index (χ1) is 10.9. The summed E-state index contributed by atoms with van der Waals surface area (Å²) in [6.07, 6.45) is 3.10. The van der Waals surface area contributed by atoms with Gasteiger partial charge >= 0.3 is 5.97 Å². The molecule has 1 aliphatic rings. The summed E-state index contributed by atoms with van der Waals surface area (Å²) in [4.78, 5) is 24.5. The van der Waals surface area contributed by atoms with E-state index in [-0.39, 0.29) is 33.3 Å². The molecule has 2 rings (SSSR count). The highest BCUT2D eigenvalue weighted by Crippen LogP contribution is 2.32. The first-order valence-corrected chi connectivity index (χ1v) is 8.04. The maximum Gasteiger partial charge on any atom is 0.343 e. The minimum absolute atomic E-state index is 0.0715. The van der Waals surface area contributed by atoms with Gasteiger partial charge in [-0.1, -0.05) is 11.6 Å². The van der Waals surface area contributed by atoms with Crippen LogP contribution in [0.5, 0.6) is 0 Å². The van der Waals surface area contributed by atoms with Crippen molar-refractivity contribution in [2.24, 2.45) is 0 Å². The fourth-order valence-corrected chi connectivity index (χ4v) is 2.39. The van der Waals surface area contributed by atoms with Crippen LogP contribution in [0.3, 0.4) is 0 Å². The Morgan fingerprint density at radius 3 is 2.70 bits per heavy atom. The Hall–Kier alpha value is -1.47. The van der Waals surface area contributed by atoms with Crippen LogP contribution in [0.2, 0.25) is 5.02 Å². The highest BCUT2D eigenvalue weighted by Gasteiger charge is 2.28. The van der Waals surface area contributed by atoms with Crippen molar-refractivity contribution in [1.29, 1.82) is 0 Å². The van der Waals surface area contributed by atoms with Gasteiger partial charge in [-0.3, -0.25) is 4.79 Å². The number of rotatable bonds is 6. The molecule has 1 fully saturated rings. The van der Waals surface area contributed by atoms with Crippen LogP contribution in [0, 0.1) is 11.6 Å².